The number of rotatable bonds is 15. The van der Waals surface area contributed by atoms with Gasteiger partial charge in [-0.1, -0.05) is 72.6 Å². The van der Waals surface area contributed by atoms with Gasteiger partial charge in [-0.15, -0.1) is 0 Å². The smallest absolute Gasteiger partial charge is 0.459 e. The minimum atomic E-state index is -4.21. The van der Waals surface area contributed by atoms with Gasteiger partial charge in [0.05, 0.1) is 42.3 Å². The molecule has 1 aliphatic heterocycles. The SMILES string of the molecule is CCC(CC)COC(=O)[C@H](C)N[P@](=O)(OC[C@H]1O[C@@](C#N)(c2ccc3c(N)ccnn23)[C@H](O[Si](C)(C)C(C)(C)C)[C@@H]1C)Oc1ccccc1. The molecule has 1 aliphatic rings. The van der Waals surface area contributed by atoms with Gasteiger partial charge in [0, 0.05) is 12.1 Å². The van der Waals surface area contributed by atoms with Crippen LogP contribution in [0.1, 0.15) is 67.0 Å². The third-order valence-electron chi connectivity index (χ3n) is 9.86. The monoisotopic (exact) mass is 713 g/mol. The Morgan fingerprint density at radius 1 is 1.18 bits per heavy atom. The summed E-state index contributed by atoms with van der Waals surface area (Å²) in [6.07, 6.45) is 1.80. The predicted octanol–water partition coefficient (Wildman–Crippen LogP) is 7.22. The number of hydrogen-bond donors (Lipinski definition) is 2. The molecule has 4 rings (SSSR count). The minimum absolute atomic E-state index is 0.172. The number of aromatic nitrogens is 2. The normalized spacial score (nSPS) is 23.2. The first kappa shape index (κ1) is 38.6. The zero-order chi connectivity index (χ0) is 36.2. The highest BCUT2D eigenvalue weighted by atomic mass is 31.2. The highest BCUT2D eigenvalue weighted by Crippen LogP contribution is 2.51. The molecule has 14 heteroatoms. The number of carbonyl (C=O) groups excluding carboxylic acids is 1. The number of benzene rings is 1. The highest BCUT2D eigenvalue weighted by molar-refractivity contribution is 7.52. The van der Waals surface area contributed by atoms with E-state index in [1.165, 1.54) is 0 Å². The van der Waals surface area contributed by atoms with Gasteiger partial charge in [0.25, 0.3) is 0 Å². The number of para-hydroxylation sites is 1. The second-order valence-electron chi connectivity index (χ2n) is 14.3. The lowest BCUT2D eigenvalue weighted by Crippen LogP contribution is -2.51. The summed E-state index contributed by atoms with van der Waals surface area (Å²) in [7, 11) is -6.69. The Morgan fingerprint density at radius 2 is 1.86 bits per heavy atom. The van der Waals surface area contributed by atoms with Crippen molar-refractivity contribution in [2.24, 2.45) is 11.8 Å². The summed E-state index contributed by atoms with van der Waals surface area (Å²) in [6.45, 7) is 18.2. The van der Waals surface area contributed by atoms with Crippen LogP contribution in [0.5, 0.6) is 5.75 Å². The van der Waals surface area contributed by atoms with Crippen molar-refractivity contribution in [3.8, 4) is 11.8 Å². The molecule has 3 heterocycles. The number of nitrogen functional groups attached to an aromatic ring is 1. The van der Waals surface area contributed by atoms with E-state index in [0.29, 0.717) is 16.9 Å². The van der Waals surface area contributed by atoms with Gasteiger partial charge in [-0.3, -0.25) is 9.32 Å². The van der Waals surface area contributed by atoms with Crippen LogP contribution >= 0.6 is 7.75 Å². The van der Waals surface area contributed by atoms with Gasteiger partial charge in [0.15, 0.2) is 8.32 Å². The lowest BCUT2D eigenvalue weighted by molar-refractivity contribution is -0.146. The molecule has 0 amide bonds. The fraction of sp³-hybridized carbons (Fsp3) is 0.571. The fourth-order valence-electron chi connectivity index (χ4n) is 5.54. The van der Waals surface area contributed by atoms with Crippen molar-refractivity contribution in [2.45, 2.75) is 103 Å². The Labute approximate surface area is 291 Å². The van der Waals surface area contributed by atoms with E-state index in [4.69, 9.17) is 28.7 Å². The average Bonchev–Trinajstić information content (AvgIpc) is 3.60. The van der Waals surface area contributed by atoms with E-state index in [0.717, 1.165) is 12.8 Å². The second kappa shape index (κ2) is 15.3. The van der Waals surface area contributed by atoms with E-state index in [1.54, 1.807) is 66.2 Å². The first-order valence-electron chi connectivity index (χ1n) is 16.9. The van der Waals surface area contributed by atoms with Crippen LogP contribution in [0.4, 0.5) is 5.69 Å². The topological polar surface area (TPSA) is 159 Å². The third kappa shape index (κ3) is 8.39. The Hall–Kier alpha value is -3.24. The molecule has 2 aromatic heterocycles. The van der Waals surface area contributed by atoms with Crippen LogP contribution in [0.25, 0.3) is 5.52 Å². The van der Waals surface area contributed by atoms with Gasteiger partial charge in [-0.2, -0.15) is 15.4 Å². The van der Waals surface area contributed by atoms with Crippen LogP contribution < -0.4 is 15.3 Å². The standard InChI is InChI=1S/C35H52N5O7PSi/c1-10-26(11-2)21-43-33(41)25(4)39-48(42,46-27-15-13-12-14-16-27)44-22-30-24(3)32(47-49(8,9)34(5,6)7)35(23-36,45-30)31-18-17-29-28(37)19-20-38-40(29)31/h12-20,24-26,30,32H,10-11,21-22,37H2,1-9H3,(H,39,42)/t24-,25+,30-,32-,35+,48+/m1/s1. The van der Waals surface area contributed by atoms with E-state index >= 15 is 0 Å². The molecule has 1 saturated heterocycles. The number of nitrogens with two attached hydrogens (primary N) is 1. The van der Waals surface area contributed by atoms with Gasteiger partial charge < -0.3 is 24.2 Å². The van der Waals surface area contributed by atoms with Gasteiger partial charge in [0.1, 0.15) is 17.9 Å². The third-order valence-corrected chi connectivity index (χ3v) is 16.0. The molecule has 0 unspecified atom stereocenters. The Kier molecular flexibility index (Phi) is 12.1. The Bertz CT molecular complexity index is 1670. The summed E-state index contributed by atoms with van der Waals surface area (Å²) in [5.41, 5.74) is 6.24. The zero-order valence-corrected chi connectivity index (χ0v) is 32.0. The molecule has 1 aromatic carbocycles. The van der Waals surface area contributed by atoms with Crippen molar-refractivity contribution < 1.29 is 32.3 Å². The number of esters is 1. The van der Waals surface area contributed by atoms with Crippen LogP contribution in [0.15, 0.2) is 54.7 Å². The molecule has 49 heavy (non-hydrogen) atoms. The number of hydrogen-bond acceptors (Lipinski definition) is 10. The molecule has 3 N–H and O–H groups in total. The fourth-order valence-corrected chi connectivity index (χ4v) is 8.41. The molecular weight excluding hydrogens is 661 g/mol. The van der Waals surface area contributed by atoms with Gasteiger partial charge in [-0.05, 0) is 61.3 Å². The summed E-state index contributed by atoms with van der Waals surface area (Å²) in [6, 6.07) is 15.2. The number of nitrogens with one attached hydrogen (secondary N) is 1. The number of carbonyl (C=O) groups is 1. The van der Waals surface area contributed by atoms with E-state index in [1.807, 2.05) is 20.8 Å². The maximum absolute atomic E-state index is 14.4. The van der Waals surface area contributed by atoms with E-state index in [9.17, 15) is 14.6 Å². The van der Waals surface area contributed by atoms with Crippen molar-refractivity contribution in [3.63, 3.8) is 0 Å². The molecule has 0 saturated carbocycles. The van der Waals surface area contributed by atoms with Gasteiger partial charge in [-0.25, -0.2) is 9.08 Å². The lowest BCUT2D eigenvalue weighted by Gasteiger charge is -2.42. The van der Waals surface area contributed by atoms with Crippen molar-refractivity contribution in [1.82, 2.24) is 14.7 Å². The Balaban J connectivity index is 1.66. The molecule has 0 radical (unpaired) electrons. The van der Waals surface area contributed by atoms with Crippen LogP contribution in [0.2, 0.25) is 18.1 Å². The van der Waals surface area contributed by atoms with E-state index in [-0.39, 0.29) is 29.9 Å². The molecule has 12 nitrogen and oxygen atoms in total. The van der Waals surface area contributed by atoms with Gasteiger partial charge in [0.2, 0.25) is 5.60 Å². The zero-order valence-electron chi connectivity index (χ0n) is 30.1. The van der Waals surface area contributed by atoms with Crippen LogP contribution in [0, 0.1) is 23.2 Å². The maximum atomic E-state index is 14.4. The number of anilines is 1. The van der Waals surface area contributed by atoms with E-state index in [2.05, 4.69) is 50.1 Å². The first-order chi connectivity index (χ1) is 23.0. The summed E-state index contributed by atoms with van der Waals surface area (Å²) in [4.78, 5) is 13.0. The molecule has 0 bridgehead atoms. The van der Waals surface area contributed by atoms with Crippen molar-refractivity contribution in [2.75, 3.05) is 18.9 Å². The summed E-state index contributed by atoms with van der Waals surface area (Å²) in [5.74, 6) is -0.471. The van der Waals surface area contributed by atoms with Gasteiger partial charge >= 0.3 is 13.7 Å². The number of nitrogens with zero attached hydrogens (tertiary/aromatic N) is 3. The van der Waals surface area contributed by atoms with Crippen LogP contribution in [0.3, 0.4) is 0 Å². The molecule has 1 fully saturated rings. The number of fused-ring (bicyclic) bond motifs is 1. The van der Waals surface area contributed by atoms with Crippen molar-refractivity contribution >= 4 is 33.2 Å². The summed E-state index contributed by atoms with van der Waals surface area (Å²) >= 11 is 0. The predicted molar refractivity (Wildman–Crippen MR) is 191 cm³/mol. The number of ether oxygens (including phenoxy) is 2. The molecule has 0 aliphatic carbocycles. The Morgan fingerprint density at radius 3 is 2.47 bits per heavy atom. The quantitative estimate of drug-likeness (QED) is 0.0930. The second-order valence-corrected chi connectivity index (χ2v) is 20.8. The molecule has 3 aromatic rings. The minimum Gasteiger partial charge on any atom is -0.464 e. The number of nitriles is 1. The van der Waals surface area contributed by atoms with Crippen molar-refractivity contribution in [1.29, 1.82) is 5.26 Å². The molecule has 6 atom stereocenters. The summed E-state index contributed by atoms with van der Waals surface area (Å²) in [5, 5.41) is 18.0. The largest absolute Gasteiger partial charge is 0.464 e. The molecular formula is C35H52N5O7PSi. The van der Waals surface area contributed by atoms with Crippen LogP contribution in [-0.4, -0.2) is 55.4 Å². The lowest BCUT2D eigenvalue weighted by atomic mass is 9.88. The maximum Gasteiger partial charge on any atom is 0.459 e. The molecule has 0 spiro atoms. The van der Waals surface area contributed by atoms with Crippen LogP contribution in [-0.2, 0) is 33.4 Å². The molecule has 268 valence electrons. The van der Waals surface area contributed by atoms with E-state index < -0.39 is 51.8 Å². The first-order valence-corrected chi connectivity index (χ1v) is 21.4. The highest BCUT2D eigenvalue weighted by Gasteiger charge is 2.60. The summed E-state index contributed by atoms with van der Waals surface area (Å²) < 4.78 is 47.2. The van der Waals surface area contributed by atoms with Crippen molar-refractivity contribution in [3.05, 3.63) is 60.4 Å². The average molecular weight is 714 g/mol.